The summed E-state index contributed by atoms with van der Waals surface area (Å²) in [5.74, 6) is 1.66. The predicted octanol–water partition coefficient (Wildman–Crippen LogP) is 4.73. The van der Waals surface area contributed by atoms with Gasteiger partial charge in [0.05, 0.1) is 16.2 Å². The van der Waals surface area contributed by atoms with Crippen molar-refractivity contribution in [3.05, 3.63) is 43.3 Å². The van der Waals surface area contributed by atoms with E-state index in [1.807, 2.05) is 12.1 Å². The molecule has 2 N–H and O–H groups in total. The van der Waals surface area contributed by atoms with Crippen LogP contribution >= 0.6 is 33.9 Å². The molecule has 2 heterocycles. The van der Waals surface area contributed by atoms with Gasteiger partial charge in [0, 0.05) is 4.88 Å². The van der Waals surface area contributed by atoms with Crippen molar-refractivity contribution in [2.75, 3.05) is 12.4 Å². The highest BCUT2D eigenvalue weighted by atomic mass is 127. The minimum Gasteiger partial charge on any atom is -0.496 e. The van der Waals surface area contributed by atoms with Gasteiger partial charge < -0.3 is 15.4 Å². The van der Waals surface area contributed by atoms with E-state index < -0.39 is 0 Å². The van der Waals surface area contributed by atoms with Gasteiger partial charge in [-0.2, -0.15) is 0 Å². The van der Waals surface area contributed by atoms with Crippen molar-refractivity contribution < 1.29 is 9.53 Å². The fraction of sp³-hybridized carbons (Fsp3) is 0.421. The molecule has 1 aromatic carbocycles. The maximum Gasteiger partial charge on any atom is 0.256 e. The average molecular weight is 468 g/mol. The molecule has 25 heavy (non-hydrogen) atoms. The number of ether oxygens (including phenoxy) is 1. The zero-order valence-corrected chi connectivity index (χ0v) is 17.3. The van der Waals surface area contributed by atoms with E-state index in [2.05, 4.69) is 46.2 Å². The Morgan fingerprint density at radius 3 is 2.92 bits per heavy atom. The van der Waals surface area contributed by atoms with E-state index >= 15 is 0 Å². The second-order valence-corrected chi connectivity index (χ2v) is 8.94. The standard InChI is InChI=1S/C19H21IN2O2S/c1-3-10-4-6-12-15(8-10)25-19-16(12)18(23)21-17(22-19)11-5-7-14(24-2)13(20)9-11/h5,7,9-10,17,22H,3-4,6,8H2,1-2H3,(H,21,23)/t10-,17-/m0/s1. The van der Waals surface area contributed by atoms with E-state index in [0.717, 1.165) is 44.2 Å². The molecule has 0 bridgehead atoms. The molecule has 2 aromatic rings. The number of anilines is 1. The van der Waals surface area contributed by atoms with Crippen LogP contribution in [0.25, 0.3) is 0 Å². The zero-order chi connectivity index (χ0) is 17.6. The number of nitrogens with one attached hydrogen (secondary N) is 2. The van der Waals surface area contributed by atoms with Gasteiger partial charge >= 0.3 is 0 Å². The van der Waals surface area contributed by atoms with Gasteiger partial charge in [-0.25, -0.2) is 0 Å². The first kappa shape index (κ1) is 17.1. The molecule has 1 aliphatic heterocycles. The van der Waals surface area contributed by atoms with Gasteiger partial charge in [0.15, 0.2) is 0 Å². The lowest BCUT2D eigenvalue weighted by molar-refractivity contribution is 0.0935. The highest BCUT2D eigenvalue weighted by Gasteiger charge is 2.33. The number of halogens is 1. The van der Waals surface area contributed by atoms with Crippen LogP contribution in [-0.4, -0.2) is 13.0 Å². The number of methoxy groups -OCH3 is 1. The average Bonchev–Trinajstić information content (AvgIpc) is 2.99. The van der Waals surface area contributed by atoms with Crippen LogP contribution in [0, 0.1) is 9.49 Å². The van der Waals surface area contributed by atoms with Gasteiger partial charge in [0.25, 0.3) is 5.91 Å². The summed E-state index contributed by atoms with van der Waals surface area (Å²) >= 11 is 4.03. The van der Waals surface area contributed by atoms with Crippen molar-refractivity contribution in [3.8, 4) is 5.75 Å². The second-order valence-electron chi connectivity index (χ2n) is 6.67. The van der Waals surface area contributed by atoms with Crippen LogP contribution in [-0.2, 0) is 12.8 Å². The Balaban J connectivity index is 1.65. The number of benzene rings is 1. The van der Waals surface area contributed by atoms with Crippen LogP contribution in [0.1, 0.15) is 52.3 Å². The lowest BCUT2D eigenvalue weighted by atomic mass is 9.85. The summed E-state index contributed by atoms with van der Waals surface area (Å²) in [6, 6.07) is 6.01. The van der Waals surface area contributed by atoms with Crippen LogP contribution in [0.5, 0.6) is 5.75 Å². The SMILES string of the molecule is CC[C@H]1CCc2c(sc3c2C(=O)N[C@H](c2ccc(OC)c(I)c2)N3)C1. The Bertz CT molecular complexity index is 833. The first-order chi connectivity index (χ1) is 12.1. The topological polar surface area (TPSA) is 50.4 Å². The molecule has 0 saturated heterocycles. The van der Waals surface area contributed by atoms with E-state index in [4.69, 9.17) is 4.74 Å². The van der Waals surface area contributed by atoms with Crippen molar-refractivity contribution in [1.29, 1.82) is 0 Å². The largest absolute Gasteiger partial charge is 0.496 e. The maximum atomic E-state index is 12.8. The van der Waals surface area contributed by atoms with Crippen molar-refractivity contribution in [2.45, 2.75) is 38.8 Å². The summed E-state index contributed by atoms with van der Waals surface area (Å²) in [5.41, 5.74) is 3.20. The van der Waals surface area contributed by atoms with Crippen LogP contribution < -0.4 is 15.4 Å². The normalized spacial score (nSPS) is 21.8. The molecule has 132 valence electrons. The highest BCUT2D eigenvalue weighted by Crippen LogP contribution is 2.43. The number of rotatable bonds is 3. The van der Waals surface area contributed by atoms with Gasteiger partial charge in [-0.05, 0) is 71.0 Å². The molecule has 0 saturated carbocycles. The van der Waals surface area contributed by atoms with Crippen LogP contribution in [0.2, 0.25) is 0 Å². The Hall–Kier alpha value is -1.28. The Kier molecular flexibility index (Phi) is 4.66. The second kappa shape index (κ2) is 6.79. The molecular formula is C19H21IN2O2S. The van der Waals surface area contributed by atoms with Crippen LogP contribution in [0.15, 0.2) is 18.2 Å². The molecule has 0 radical (unpaired) electrons. The molecule has 6 heteroatoms. The summed E-state index contributed by atoms with van der Waals surface area (Å²) in [7, 11) is 1.67. The number of hydrogen-bond donors (Lipinski definition) is 2. The van der Waals surface area contributed by atoms with Crippen LogP contribution in [0.3, 0.4) is 0 Å². The maximum absolute atomic E-state index is 12.8. The van der Waals surface area contributed by atoms with Crippen molar-refractivity contribution >= 4 is 44.8 Å². The molecule has 1 aliphatic carbocycles. The van der Waals surface area contributed by atoms with Gasteiger partial charge in [-0.3, -0.25) is 4.79 Å². The lowest BCUT2D eigenvalue weighted by Gasteiger charge is -2.27. The molecule has 1 aromatic heterocycles. The zero-order valence-electron chi connectivity index (χ0n) is 14.3. The van der Waals surface area contributed by atoms with Crippen LogP contribution in [0.4, 0.5) is 5.00 Å². The van der Waals surface area contributed by atoms with Gasteiger partial charge in [-0.15, -0.1) is 11.3 Å². The summed E-state index contributed by atoms with van der Waals surface area (Å²) in [4.78, 5) is 14.2. The smallest absolute Gasteiger partial charge is 0.256 e. The number of thiophene rings is 1. The van der Waals surface area contributed by atoms with E-state index in [1.165, 1.54) is 23.3 Å². The fourth-order valence-electron chi connectivity index (χ4n) is 3.74. The number of hydrogen-bond acceptors (Lipinski definition) is 4. The van der Waals surface area contributed by atoms with Crippen molar-refractivity contribution in [1.82, 2.24) is 5.32 Å². The fourth-order valence-corrected chi connectivity index (χ4v) is 5.89. The summed E-state index contributed by atoms with van der Waals surface area (Å²) in [6.07, 6.45) is 4.36. The number of amides is 1. The third-order valence-electron chi connectivity index (χ3n) is 5.23. The van der Waals surface area contributed by atoms with Crippen molar-refractivity contribution in [3.63, 3.8) is 0 Å². The third-order valence-corrected chi connectivity index (χ3v) is 7.26. The van der Waals surface area contributed by atoms with E-state index in [1.54, 1.807) is 18.4 Å². The molecule has 4 nitrogen and oxygen atoms in total. The van der Waals surface area contributed by atoms with Gasteiger partial charge in [-0.1, -0.05) is 19.4 Å². The number of fused-ring (bicyclic) bond motifs is 3. The first-order valence-electron chi connectivity index (χ1n) is 8.66. The Labute approximate surface area is 165 Å². The van der Waals surface area contributed by atoms with E-state index in [-0.39, 0.29) is 12.1 Å². The first-order valence-corrected chi connectivity index (χ1v) is 10.6. The monoisotopic (exact) mass is 468 g/mol. The lowest BCUT2D eigenvalue weighted by Crippen LogP contribution is -2.38. The molecule has 0 unspecified atom stereocenters. The molecule has 2 atom stereocenters. The Morgan fingerprint density at radius 1 is 1.36 bits per heavy atom. The molecule has 4 rings (SSSR count). The molecule has 0 fully saturated rings. The highest BCUT2D eigenvalue weighted by molar-refractivity contribution is 14.1. The third kappa shape index (κ3) is 3.03. The molecule has 1 amide bonds. The molecular weight excluding hydrogens is 447 g/mol. The summed E-state index contributed by atoms with van der Waals surface area (Å²) in [5, 5.41) is 7.70. The predicted molar refractivity (Wildman–Crippen MR) is 110 cm³/mol. The van der Waals surface area contributed by atoms with Crippen molar-refractivity contribution in [2.24, 2.45) is 5.92 Å². The Morgan fingerprint density at radius 2 is 2.20 bits per heavy atom. The van der Waals surface area contributed by atoms with E-state index in [9.17, 15) is 4.79 Å². The van der Waals surface area contributed by atoms with Gasteiger partial charge in [0.2, 0.25) is 0 Å². The number of carbonyl (C=O) groups excluding carboxylic acids is 1. The minimum atomic E-state index is -0.193. The number of carbonyl (C=O) groups is 1. The summed E-state index contributed by atoms with van der Waals surface area (Å²) < 4.78 is 6.36. The minimum absolute atomic E-state index is 0.0528. The molecule has 0 spiro atoms. The quantitative estimate of drug-likeness (QED) is 0.641. The summed E-state index contributed by atoms with van der Waals surface area (Å²) in [6.45, 7) is 2.26. The molecule has 2 aliphatic rings. The van der Waals surface area contributed by atoms with E-state index in [0.29, 0.717) is 0 Å². The van der Waals surface area contributed by atoms with Gasteiger partial charge in [0.1, 0.15) is 16.9 Å².